The molecule has 2 heterocycles. The van der Waals surface area contributed by atoms with Crippen LogP contribution in [0.15, 0.2) is 54.6 Å². The van der Waals surface area contributed by atoms with Crippen molar-refractivity contribution in [2.24, 2.45) is 5.92 Å². The van der Waals surface area contributed by atoms with E-state index in [2.05, 4.69) is 58.3 Å². The molecule has 1 saturated heterocycles. The number of anilines is 1. The number of carboxylic acids is 1. The lowest BCUT2D eigenvalue weighted by Gasteiger charge is -2.43. The van der Waals surface area contributed by atoms with E-state index in [1.165, 1.54) is 11.1 Å². The first-order valence-electron chi connectivity index (χ1n) is 12.5. The number of aliphatic carboxylic acids is 1. The van der Waals surface area contributed by atoms with E-state index in [1.807, 2.05) is 6.07 Å². The van der Waals surface area contributed by atoms with Crippen LogP contribution in [0.1, 0.15) is 56.1 Å². The number of hydrogen-bond acceptors (Lipinski definition) is 3. The van der Waals surface area contributed by atoms with Crippen LogP contribution in [-0.2, 0) is 22.4 Å². The Morgan fingerprint density at radius 3 is 2.42 bits per heavy atom. The summed E-state index contributed by atoms with van der Waals surface area (Å²) in [7, 11) is 0. The molecule has 4 rings (SSSR count). The summed E-state index contributed by atoms with van der Waals surface area (Å²) in [5.74, 6) is -0.450. The van der Waals surface area contributed by atoms with Gasteiger partial charge in [-0.2, -0.15) is 0 Å². The Balaban J connectivity index is 1.34. The Kier molecular flexibility index (Phi) is 8.16. The molecule has 2 aromatic carbocycles. The smallest absolute Gasteiger partial charge is 0.303 e. The van der Waals surface area contributed by atoms with Gasteiger partial charge in [-0.25, -0.2) is 0 Å². The van der Waals surface area contributed by atoms with Gasteiger partial charge < -0.3 is 14.9 Å². The van der Waals surface area contributed by atoms with Crippen LogP contribution in [0.2, 0.25) is 0 Å². The fourth-order valence-electron chi connectivity index (χ4n) is 5.37. The summed E-state index contributed by atoms with van der Waals surface area (Å²) in [5.41, 5.74) is 3.76. The van der Waals surface area contributed by atoms with Crippen molar-refractivity contribution in [1.82, 2.24) is 4.90 Å². The van der Waals surface area contributed by atoms with Gasteiger partial charge in [0.05, 0.1) is 0 Å². The van der Waals surface area contributed by atoms with Gasteiger partial charge in [0, 0.05) is 43.7 Å². The maximum atomic E-state index is 13.6. The van der Waals surface area contributed by atoms with Crippen LogP contribution < -0.4 is 4.90 Å². The van der Waals surface area contributed by atoms with Crippen molar-refractivity contribution in [3.8, 4) is 0 Å². The molecular formula is C28H36N2O3. The van der Waals surface area contributed by atoms with E-state index >= 15 is 0 Å². The molecule has 1 fully saturated rings. The first kappa shape index (κ1) is 23.5. The number of amides is 1. The van der Waals surface area contributed by atoms with Gasteiger partial charge in [0.2, 0.25) is 5.91 Å². The summed E-state index contributed by atoms with van der Waals surface area (Å²) in [6.45, 7) is 3.13. The minimum atomic E-state index is -0.737. The van der Waals surface area contributed by atoms with Gasteiger partial charge in [-0.15, -0.1) is 0 Å². The molecule has 5 heteroatoms. The molecule has 0 aliphatic carbocycles. The minimum Gasteiger partial charge on any atom is -0.481 e. The zero-order chi connectivity index (χ0) is 23.0. The normalized spacial score (nSPS) is 19.5. The van der Waals surface area contributed by atoms with E-state index in [1.54, 1.807) is 0 Å². The number of hydrogen-bond donors (Lipinski definition) is 1. The Labute approximate surface area is 197 Å². The molecule has 0 aromatic heterocycles. The van der Waals surface area contributed by atoms with Gasteiger partial charge in [-0.3, -0.25) is 9.59 Å². The number of carbonyl (C=O) groups excluding carboxylic acids is 1. The van der Waals surface area contributed by atoms with Crippen LogP contribution in [0.25, 0.3) is 0 Å². The predicted molar refractivity (Wildman–Crippen MR) is 131 cm³/mol. The summed E-state index contributed by atoms with van der Waals surface area (Å²) in [5, 5.41) is 8.84. The highest BCUT2D eigenvalue weighted by atomic mass is 16.4. The highest BCUT2D eigenvalue weighted by Gasteiger charge is 2.37. The standard InChI is InChI=1S/C28H36N2O3/c31-27(32)14-6-2-5-12-24-21-23-11-7-8-13-26(23)30(28(24)33)25-16-19-29(20-17-25)18-15-22-9-3-1-4-10-22/h1,3-4,7-11,13,24-25H,2,5-6,12,14-21H2,(H,31,32). The van der Waals surface area contributed by atoms with Crippen LogP contribution in [0.5, 0.6) is 0 Å². The maximum absolute atomic E-state index is 13.6. The van der Waals surface area contributed by atoms with E-state index in [4.69, 9.17) is 5.11 Å². The second-order valence-corrected chi connectivity index (χ2v) is 9.54. The van der Waals surface area contributed by atoms with Crippen molar-refractivity contribution in [3.63, 3.8) is 0 Å². The third-order valence-corrected chi connectivity index (χ3v) is 7.23. The number of para-hydroxylation sites is 1. The van der Waals surface area contributed by atoms with E-state index in [0.29, 0.717) is 6.42 Å². The van der Waals surface area contributed by atoms with Crippen molar-refractivity contribution < 1.29 is 14.7 Å². The molecule has 2 aromatic rings. The number of fused-ring (bicyclic) bond motifs is 1. The molecule has 1 atom stereocenters. The van der Waals surface area contributed by atoms with Crippen molar-refractivity contribution in [2.45, 2.75) is 63.8 Å². The molecule has 1 amide bonds. The molecule has 33 heavy (non-hydrogen) atoms. The Morgan fingerprint density at radius 2 is 1.67 bits per heavy atom. The molecule has 176 valence electrons. The molecule has 0 bridgehead atoms. The second kappa shape index (κ2) is 11.5. The number of nitrogens with zero attached hydrogens (tertiary/aromatic N) is 2. The minimum absolute atomic E-state index is 0.0147. The van der Waals surface area contributed by atoms with E-state index < -0.39 is 5.97 Å². The average molecular weight is 449 g/mol. The van der Waals surface area contributed by atoms with E-state index in [-0.39, 0.29) is 24.3 Å². The fourth-order valence-corrected chi connectivity index (χ4v) is 5.37. The van der Waals surface area contributed by atoms with Crippen LogP contribution in [-0.4, -0.2) is 47.6 Å². The van der Waals surface area contributed by atoms with Crippen LogP contribution in [0, 0.1) is 5.92 Å². The highest BCUT2D eigenvalue weighted by molar-refractivity contribution is 5.98. The SMILES string of the molecule is O=C(O)CCCCCC1Cc2ccccc2N(C2CCN(CCc3ccccc3)CC2)C1=O. The zero-order valence-electron chi connectivity index (χ0n) is 19.5. The molecule has 1 N–H and O–H groups in total. The highest BCUT2D eigenvalue weighted by Crippen LogP contribution is 2.36. The average Bonchev–Trinajstić information content (AvgIpc) is 2.84. The van der Waals surface area contributed by atoms with Gasteiger partial charge in [0.15, 0.2) is 0 Å². The lowest BCUT2D eigenvalue weighted by atomic mass is 9.85. The van der Waals surface area contributed by atoms with Crippen molar-refractivity contribution >= 4 is 17.6 Å². The van der Waals surface area contributed by atoms with Gasteiger partial charge in [-0.1, -0.05) is 61.4 Å². The lowest BCUT2D eigenvalue weighted by Crippen LogP contribution is -2.52. The third kappa shape index (κ3) is 6.23. The van der Waals surface area contributed by atoms with Gasteiger partial charge >= 0.3 is 5.97 Å². The van der Waals surface area contributed by atoms with Crippen LogP contribution in [0.4, 0.5) is 5.69 Å². The van der Waals surface area contributed by atoms with Crippen molar-refractivity contribution in [1.29, 1.82) is 0 Å². The molecule has 0 saturated carbocycles. The van der Waals surface area contributed by atoms with E-state index in [9.17, 15) is 9.59 Å². The quantitative estimate of drug-likeness (QED) is 0.523. The second-order valence-electron chi connectivity index (χ2n) is 9.54. The molecule has 0 spiro atoms. The van der Waals surface area contributed by atoms with Crippen molar-refractivity contribution in [3.05, 3.63) is 65.7 Å². The van der Waals surface area contributed by atoms with Gasteiger partial charge in [-0.05, 0) is 55.7 Å². The lowest BCUT2D eigenvalue weighted by molar-refractivity contribution is -0.137. The molecule has 2 aliphatic rings. The number of unbranched alkanes of at least 4 members (excludes halogenated alkanes) is 2. The monoisotopic (exact) mass is 448 g/mol. The molecule has 0 radical (unpaired) electrons. The topological polar surface area (TPSA) is 60.9 Å². The molecular weight excluding hydrogens is 412 g/mol. The Hall–Kier alpha value is -2.66. The number of likely N-dealkylation sites (tertiary alicyclic amines) is 1. The fraction of sp³-hybridized carbons (Fsp3) is 0.500. The summed E-state index contributed by atoms with van der Waals surface area (Å²) in [6, 6.07) is 19.3. The van der Waals surface area contributed by atoms with Crippen LogP contribution >= 0.6 is 0 Å². The number of rotatable bonds is 10. The van der Waals surface area contributed by atoms with Gasteiger partial charge in [0.1, 0.15) is 0 Å². The molecule has 1 unspecified atom stereocenters. The summed E-state index contributed by atoms with van der Waals surface area (Å²) in [6.07, 6.45) is 7.45. The number of piperidine rings is 1. The largest absolute Gasteiger partial charge is 0.481 e. The van der Waals surface area contributed by atoms with Crippen LogP contribution in [0.3, 0.4) is 0 Å². The molecule has 5 nitrogen and oxygen atoms in total. The third-order valence-electron chi connectivity index (χ3n) is 7.23. The maximum Gasteiger partial charge on any atom is 0.303 e. The predicted octanol–water partition coefficient (Wildman–Crippen LogP) is 4.93. The number of carbonyl (C=O) groups is 2. The number of benzene rings is 2. The van der Waals surface area contributed by atoms with Crippen molar-refractivity contribution in [2.75, 3.05) is 24.5 Å². The summed E-state index contributed by atoms with van der Waals surface area (Å²) < 4.78 is 0. The molecule has 2 aliphatic heterocycles. The Morgan fingerprint density at radius 1 is 0.939 bits per heavy atom. The summed E-state index contributed by atoms with van der Waals surface area (Å²) >= 11 is 0. The zero-order valence-corrected chi connectivity index (χ0v) is 19.5. The first-order chi connectivity index (χ1) is 16.1. The summed E-state index contributed by atoms with van der Waals surface area (Å²) in [4.78, 5) is 29.0. The Bertz CT molecular complexity index is 922. The first-order valence-corrected chi connectivity index (χ1v) is 12.5. The van der Waals surface area contributed by atoms with E-state index in [0.717, 1.165) is 70.3 Å². The number of carboxylic acid groups (broad SMARTS) is 1. The van der Waals surface area contributed by atoms with Gasteiger partial charge in [0.25, 0.3) is 0 Å².